The first kappa shape index (κ1) is 13.3. The van der Waals surface area contributed by atoms with Gasteiger partial charge in [-0.2, -0.15) is 0 Å². The van der Waals surface area contributed by atoms with Crippen LogP contribution in [0.4, 0.5) is 0 Å². The molecule has 2 aromatic rings. The lowest BCUT2D eigenvalue weighted by atomic mass is 9.95. The van der Waals surface area contributed by atoms with Crippen LogP contribution in [0.3, 0.4) is 0 Å². The molecule has 0 N–H and O–H groups in total. The fourth-order valence-electron chi connectivity index (χ4n) is 3.02. The maximum atomic E-state index is 6.54. The zero-order chi connectivity index (χ0) is 14.2. The topological polar surface area (TPSA) is 9.23 Å². The molecule has 0 aliphatic carbocycles. The molecule has 0 bridgehead atoms. The summed E-state index contributed by atoms with van der Waals surface area (Å²) in [5.74, 6) is 0. The van der Waals surface area contributed by atoms with Gasteiger partial charge in [-0.05, 0) is 42.4 Å². The highest BCUT2D eigenvalue weighted by Crippen LogP contribution is 2.44. The molecule has 20 heavy (non-hydrogen) atoms. The standard InChI is InChI=1S/C18H20OSi/c1-18(16-12-8-5-9-13-16)14-17(20(2,3)19-18)15-10-6-4-7-11-15/h4-14H,1-3H3. The summed E-state index contributed by atoms with van der Waals surface area (Å²) in [6, 6.07) is 21.1. The van der Waals surface area contributed by atoms with E-state index in [1.807, 2.05) is 6.07 Å². The second-order valence-corrected chi connectivity index (χ2v) is 9.77. The zero-order valence-corrected chi connectivity index (χ0v) is 13.3. The van der Waals surface area contributed by atoms with Gasteiger partial charge in [-0.1, -0.05) is 60.7 Å². The van der Waals surface area contributed by atoms with Gasteiger partial charge in [0.25, 0.3) is 0 Å². The summed E-state index contributed by atoms with van der Waals surface area (Å²) < 4.78 is 6.54. The highest BCUT2D eigenvalue weighted by molar-refractivity contribution is 6.90. The molecule has 0 amide bonds. The monoisotopic (exact) mass is 280 g/mol. The predicted octanol–water partition coefficient (Wildman–Crippen LogP) is 4.76. The second-order valence-electron chi connectivity index (χ2n) is 6.01. The van der Waals surface area contributed by atoms with Crippen LogP contribution >= 0.6 is 0 Å². The van der Waals surface area contributed by atoms with Crippen LogP contribution in [0.25, 0.3) is 5.20 Å². The van der Waals surface area contributed by atoms with Crippen molar-refractivity contribution in [1.82, 2.24) is 0 Å². The first-order valence-electron chi connectivity index (χ1n) is 7.06. The van der Waals surface area contributed by atoms with Crippen molar-refractivity contribution in [3.05, 3.63) is 77.9 Å². The van der Waals surface area contributed by atoms with Crippen molar-refractivity contribution in [1.29, 1.82) is 0 Å². The van der Waals surface area contributed by atoms with E-state index in [0.29, 0.717) is 0 Å². The van der Waals surface area contributed by atoms with Gasteiger partial charge in [0.15, 0.2) is 0 Å². The fraction of sp³-hybridized carbons (Fsp3) is 0.222. The van der Waals surface area contributed by atoms with Crippen LogP contribution in [-0.2, 0) is 10.0 Å². The van der Waals surface area contributed by atoms with E-state index in [1.165, 1.54) is 16.3 Å². The molecule has 1 unspecified atom stereocenters. The van der Waals surface area contributed by atoms with Crippen LogP contribution in [-0.4, -0.2) is 8.32 Å². The van der Waals surface area contributed by atoms with Gasteiger partial charge < -0.3 is 4.43 Å². The third kappa shape index (κ3) is 2.26. The SMILES string of the molecule is CC1(c2ccccc2)C=C(c2ccccc2)[Si](C)(C)O1. The average molecular weight is 280 g/mol. The number of hydrogen-bond acceptors (Lipinski definition) is 1. The minimum atomic E-state index is -1.87. The molecule has 0 aromatic heterocycles. The summed E-state index contributed by atoms with van der Waals surface area (Å²) in [7, 11) is -1.87. The Hall–Kier alpha value is -1.64. The molecule has 1 aliphatic heterocycles. The van der Waals surface area contributed by atoms with Crippen LogP contribution in [0.5, 0.6) is 0 Å². The molecule has 1 nitrogen and oxygen atoms in total. The third-order valence-electron chi connectivity index (χ3n) is 3.97. The Morgan fingerprint density at radius 3 is 2.00 bits per heavy atom. The summed E-state index contributed by atoms with van der Waals surface area (Å²) in [5.41, 5.74) is 2.22. The normalized spacial score (nSPS) is 24.4. The molecule has 1 aliphatic rings. The highest BCUT2D eigenvalue weighted by Gasteiger charge is 2.44. The van der Waals surface area contributed by atoms with Crippen LogP contribution in [0.2, 0.25) is 13.1 Å². The number of rotatable bonds is 2. The van der Waals surface area contributed by atoms with Gasteiger partial charge in [-0.25, -0.2) is 0 Å². The maximum absolute atomic E-state index is 6.54. The Labute approximate surface area is 122 Å². The quantitative estimate of drug-likeness (QED) is 0.721. The van der Waals surface area contributed by atoms with E-state index < -0.39 is 8.32 Å². The smallest absolute Gasteiger partial charge is 0.220 e. The summed E-state index contributed by atoms with van der Waals surface area (Å²) >= 11 is 0. The molecule has 0 saturated carbocycles. The van der Waals surface area contributed by atoms with Gasteiger partial charge in [0.05, 0.1) is 5.60 Å². The summed E-state index contributed by atoms with van der Waals surface area (Å²) in [4.78, 5) is 0. The van der Waals surface area contributed by atoms with Gasteiger partial charge in [-0.15, -0.1) is 0 Å². The largest absolute Gasteiger partial charge is 0.400 e. The van der Waals surface area contributed by atoms with Crippen LogP contribution in [0.15, 0.2) is 66.7 Å². The molecule has 0 saturated heterocycles. The number of hydrogen-bond donors (Lipinski definition) is 0. The Kier molecular flexibility index (Phi) is 3.15. The van der Waals surface area contributed by atoms with Crippen molar-refractivity contribution in [2.45, 2.75) is 25.6 Å². The van der Waals surface area contributed by atoms with E-state index in [-0.39, 0.29) is 5.60 Å². The average Bonchev–Trinajstić information content (AvgIpc) is 2.72. The molecule has 2 aromatic carbocycles. The maximum Gasteiger partial charge on any atom is 0.220 e. The summed E-state index contributed by atoms with van der Waals surface area (Å²) in [6.07, 6.45) is 2.32. The lowest BCUT2D eigenvalue weighted by molar-refractivity contribution is 0.146. The van der Waals surface area contributed by atoms with E-state index in [1.54, 1.807) is 0 Å². The van der Waals surface area contributed by atoms with Crippen LogP contribution in [0, 0.1) is 0 Å². The van der Waals surface area contributed by atoms with E-state index in [2.05, 4.69) is 80.7 Å². The fourth-order valence-corrected chi connectivity index (χ4v) is 5.86. The minimum absolute atomic E-state index is 0.303. The Bertz CT molecular complexity index is 631. The Morgan fingerprint density at radius 2 is 1.40 bits per heavy atom. The Balaban J connectivity index is 2.08. The van der Waals surface area contributed by atoms with Gasteiger partial charge in [0.2, 0.25) is 8.32 Å². The molecule has 0 fully saturated rings. The van der Waals surface area contributed by atoms with Gasteiger partial charge >= 0.3 is 0 Å². The molecule has 0 radical (unpaired) electrons. The van der Waals surface area contributed by atoms with Gasteiger partial charge in [0, 0.05) is 0 Å². The van der Waals surface area contributed by atoms with Crippen molar-refractivity contribution in [2.24, 2.45) is 0 Å². The van der Waals surface area contributed by atoms with Crippen LogP contribution in [0.1, 0.15) is 18.1 Å². The molecular formula is C18H20OSi. The first-order valence-corrected chi connectivity index (χ1v) is 9.97. The first-order chi connectivity index (χ1) is 9.51. The van der Waals surface area contributed by atoms with Crippen molar-refractivity contribution >= 4 is 13.5 Å². The van der Waals surface area contributed by atoms with Gasteiger partial charge in [-0.3, -0.25) is 0 Å². The van der Waals surface area contributed by atoms with Crippen molar-refractivity contribution in [2.75, 3.05) is 0 Å². The van der Waals surface area contributed by atoms with E-state index >= 15 is 0 Å². The van der Waals surface area contributed by atoms with E-state index in [0.717, 1.165) is 0 Å². The Morgan fingerprint density at radius 1 is 0.850 bits per heavy atom. The highest BCUT2D eigenvalue weighted by atomic mass is 28.4. The summed E-state index contributed by atoms with van der Waals surface area (Å²) in [6.45, 7) is 6.73. The van der Waals surface area contributed by atoms with E-state index in [4.69, 9.17) is 4.43 Å². The molecular weight excluding hydrogens is 260 g/mol. The molecule has 3 rings (SSSR count). The lowest BCUT2D eigenvalue weighted by Crippen LogP contribution is -2.34. The third-order valence-corrected chi connectivity index (χ3v) is 6.63. The van der Waals surface area contributed by atoms with Crippen molar-refractivity contribution in [3.8, 4) is 0 Å². The van der Waals surface area contributed by atoms with Gasteiger partial charge in [0.1, 0.15) is 0 Å². The van der Waals surface area contributed by atoms with Crippen molar-refractivity contribution in [3.63, 3.8) is 0 Å². The van der Waals surface area contributed by atoms with E-state index in [9.17, 15) is 0 Å². The summed E-state index contributed by atoms with van der Waals surface area (Å²) in [5, 5.41) is 1.39. The zero-order valence-electron chi connectivity index (χ0n) is 12.3. The molecule has 2 heteroatoms. The minimum Gasteiger partial charge on any atom is -0.400 e. The van der Waals surface area contributed by atoms with Crippen LogP contribution < -0.4 is 0 Å². The molecule has 0 spiro atoms. The molecule has 102 valence electrons. The number of benzene rings is 2. The van der Waals surface area contributed by atoms with Crippen molar-refractivity contribution < 1.29 is 4.43 Å². The molecule has 1 atom stereocenters. The predicted molar refractivity (Wildman–Crippen MR) is 86.8 cm³/mol. The second kappa shape index (κ2) is 4.72. The lowest BCUT2D eigenvalue weighted by Gasteiger charge is -2.29. The molecule has 1 heterocycles.